The quantitative estimate of drug-likeness (QED) is 0.847. The molecule has 0 saturated carbocycles. The van der Waals surface area contributed by atoms with Gasteiger partial charge in [-0.15, -0.1) is 0 Å². The molecule has 4 aliphatic heterocycles. The van der Waals surface area contributed by atoms with Gasteiger partial charge in [0.1, 0.15) is 0 Å². The van der Waals surface area contributed by atoms with Gasteiger partial charge < -0.3 is 10.2 Å². The predicted octanol–water partition coefficient (Wildman–Crippen LogP) is 1.61. The maximum absolute atomic E-state index is 12.8. The summed E-state index contributed by atoms with van der Waals surface area (Å²) in [4.78, 5) is 15.5. The molecule has 4 heterocycles. The summed E-state index contributed by atoms with van der Waals surface area (Å²) in [5.74, 6) is 0.645. The van der Waals surface area contributed by atoms with Crippen molar-refractivity contribution < 1.29 is 13.2 Å². The summed E-state index contributed by atoms with van der Waals surface area (Å²) in [6.45, 7) is 6.05. The van der Waals surface area contributed by atoms with E-state index >= 15 is 0 Å². The van der Waals surface area contributed by atoms with Crippen LogP contribution in [0, 0.1) is 18.8 Å². The van der Waals surface area contributed by atoms with E-state index in [-0.39, 0.29) is 17.9 Å². The molecule has 0 spiro atoms. The molecule has 148 valence electrons. The number of aryl methyl sites for hydroxylation is 1. The second-order valence-electron chi connectivity index (χ2n) is 8.24. The topological polar surface area (TPSA) is 69.7 Å². The van der Waals surface area contributed by atoms with Crippen LogP contribution < -0.4 is 5.32 Å². The van der Waals surface area contributed by atoms with Gasteiger partial charge in [0, 0.05) is 31.6 Å². The van der Waals surface area contributed by atoms with E-state index in [4.69, 9.17) is 0 Å². The van der Waals surface area contributed by atoms with Crippen molar-refractivity contribution in [3.8, 4) is 0 Å². The number of carbonyl (C=O) groups is 1. The Hall–Kier alpha value is -1.44. The Kier molecular flexibility index (Phi) is 5.27. The number of hydrogen-bond donors (Lipinski definition) is 1. The third-order valence-corrected chi connectivity index (χ3v) is 8.38. The van der Waals surface area contributed by atoms with Crippen LogP contribution in [0.3, 0.4) is 0 Å². The second-order valence-corrected chi connectivity index (χ2v) is 10.2. The Bertz CT molecular complexity index is 777. The van der Waals surface area contributed by atoms with Gasteiger partial charge in [-0.05, 0) is 63.7 Å². The van der Waals surface area contributed by atoms with Crippen LogP contribution in [0.2, 0.25) is 0 Å². The Morgan fingerprint density at radius 2 is 1.63 bits per heavy atom. The average Bonchev–Trinajstić information content (AvgIpc) is 2.69. The fourth-order valence-electron chi connectivity index (χ4n) is 4.65. The summed E-state index contributed by atoms with van der Waals surface area (Å²) in [5.41, 5.74) is 1.04. The maximum Gasteiger partial charge on any atom is 0.243 e. The van der Waals surface area contributed by atoms with Gasteiger partial charge in [-0.1, -0.05) is 17.7 Å². The molecule has 1 aromatic carbocycles. The van der Waals surface area contributed by atoms with E-state index < -0.39 is 10.0 Å². The van der Waals surface area contributed by atoms with Crippen molar-refractivity contribution in [1.29, 1.82) is 0 Å². The number of fused-ring (bicyclic) bond motifs is 3. The Balaban J connectivity index is 1.33. The predicted molar refractivity (Wildman–Crippen MR) is 104 cm³/mol. The third kappa shape index (κ3) is 3.91. The minimum Gasteiger partial charge on any atom is -0.352 e. The highest BCUT2D eigenvalue weighted by atomic mass is 32.2. The third-order valence-electron chi connectivity index (χ3n) is 6.47. The van der Waals surface area contributed by atoms with Gasteiger partial charge in [0.15, 0.2) is 0 Å². The molecule has 4 fully saturated rings. The number of carbonyl (C=O) groups excluding carboxylic acids is 1. The van der Waals surface area contributed by atoms with Crippen LogP contribution in [-0.4, -0.2) is 62.3 Å². The van der Waals surface area contributed by atoms with E-state index in [1.54, 1.807) is 12.1 Å². The molecule has 1 aromatic rings. The molecule has 5 rings (SSSR count). The molecule has 27 heavy (non-hydrogen) atoms. The molecule has 1 atom stereocenters. The first-order valence-electron chi connectivity index (χ1n) is 10.0. The van der Waals surface area contributed by atoms with E-state index in [0.29, 0.717) is 36.7 Å². The highest BCUT2D eigenvalue weighted by Gasteiger charge is 2.37. The molecule has 0 unspecified atom stereocenters. The van der Waals surface area contributed by atoms with Crippen LogP contribution in [0.1, 0.15) is 31.2 Å². The Morgan fingerprint density at radius 3 is 2.19 bits per heavy atom. The smallest absolute Gasteiger partial charge is 0.243 e. The fourth-order valence-corrected chi connectivity index (χ4v) is 6.12. The first-order valence-corrected chi connectivity index (χ1v) is 11.5. The lowest BCUT2D eigenvalue weighted by Gasteiger charge is -2.45. The summed E-state index contributed by atoms with van der Waals surface area (Å²) in [6.07, 6.45) is 3.55. The number of nitrogens with one attached hydrogen (secondary N) is 1. The number of piperidine rings is 4. The van der Waals surface area contributed by atoms with Crippen molar-refractivity contribution in [2.45, 2.75) is 43.5 Å². The Morgan fingerprint density at radius 1 is 1.00 bits per heavy atom. The lowest BCUT2D eigenvalue weighted by atomic mass is 9.83. The molecular formula is C20H29N3O3S. The molecule has 2 bridgehead atoms. The molecule has 0 aliphatic carbocycles. The summed E-state index contributed by atoms with van der Waals surface area (Å²) in [6, 6.07) is 7.24. The summed E-state index contributed by atoms with van der Waals surface area (Å²) in [7, 11) is -3.47. The van der Waals surface area contributed by atoms with Crippen LogP contribution in [0.25, 0.3) is 0 Å². The van der Waals surface area contributed by atoms with Crippen molar-refractivity contribution >= 4 is 15.9 Å². The zero-order chi connectivity index (χ0) is 19.0. The van der Waals surface area contributed by atoms with Crippen molar-refractivity contribution in [2.24, 2.45) is 11.8 Å². The van der Waals surface area contributed by atoms with Crippen LogP contribution in [0.4, 0.5) is 0 Å². The number of amides is 1. The van der Waals surface area contributed by atoms with E-state index in [9.17, 15) is 13.2 Å². The molecule has 6 nitrogen and oxygen atoms in total. The highest BCUT2D eigenvalue weighted by molar-refractivity contribution is 7.89. The van der Waals surface area contributed by atoms with Crippen molar-refractivity contribution in [3.63, 3.8) is 0 Å². The van der Waals surface area contributed by atoms with Gasteiger partial charge in [0.25, 0.3) is 0 Å². The van der Waals surface area contributed by atoms with Crippen LogP contribution in [-0.2, 0) is 14.8 Å². The zero-order valence-electron chi connectivity index (χ0n) is 15.9. The summed E-state index contributed by atoms with van der Waals surface area (Å²) in [5, 5.41) is 3.26. The van der Waals surface area contributed by atoms with Gasteiger partial charge in [0.05, 0.1) is 4.90 Å². The SMILES string of the molecule is Cc1ccc(S(=O)(=O)N2CCC(C(=O)N[C@H]3CN4CCC3CC4)CC2)cc1. The highest BCUT2D eigenvalue weighted by Crippen LogP contribution is 2.29. The lowest BCUT2D eigenvalue weighted by Crippen LogP contribution is -2.58. The van der Waals surface area contributed by atoms with Crippen molar-refractivity contribution in [3.05, 3.63) is 29.8 Å². The Labute approximate surface area is 162 Å². The van der Waals surface area contributed by atoms with Crippen LogP contribution in [0.5, 0.6) is 0 Å². The number of hydrogen-bond acceptors (Lipinski definition) is 4. The van der Waals surface area contributed by atoms with Gasteiger partial charge in [0.2, 0.25) is 15.9 Å². The van der Waals surface area contributed by atoms with Gasteiger partial charge >= 0.3 is 0 Å². The van der Waals surface area contributed by atoms with Crippen LogP contribution in [0.15, 0.2) is 29.2 Å². The molecular weight excluding hydrogens is 362 g/mol. The van der Waals surface area contributed by atoms with E-state index in [1.807, 2.05) is 19.1 Å². The lowest BCUT2D eigenvalue weighted by molar-refractivity contribution is -0.128. The number of rotatable bonds is 4. The molecule has 4 saturated heterocycles. The zero-order valence-corrected chi connectivity index (χ0v) is 16.7. The molecule has 0 radical (unpaired) electrons. The molecule has 7 heteroatoms. The first kappa shape index (κ1) is 18.9. The van der Waals surface area contributed by atoms with Gasteiger partial charge in [-0.3, -0.25) is 4.79 Å². The molecule has 1 N–H and O–H groups in total. The molecule has 4 aliphatic rings. The van der Waals surface area contributed by atoms with E-state index in [0.717, 1.165) is 25.2 Å². The van der Waals surface area contributed by atoms with Crippen LogP contribution >= 0.6 is 0 Å². The molecule has 1 amide bonds. The van der Waals surface area contributed by atoms with E-state index in [2.05, 4.69) is 10.2 Å². The minimum atomic E-state index is -3.47. The monoisotopic (exact) mass is 391 g/mol. The minimum absolute atomic E-state index is 0.0788. The standard InChI is InChI=1S/C20H29N3O3S/c1-15-2-4-18(5-3-15)27(25,26)23-12-8-17(9-13-23)20(24)21-19-14-22-10-6-16(19)7-11-22/h2-5,16-17,19H,6-14H2,1H3,(H,21,24)/t19-/m0/s1. The van der Waals surface area contributed by atoms with Crippen molar-refractivity contribution in [2.75, 3.05) is 32.7 Å². The normalized spacial score (nSPS) is 29.6. The largest absolute Gasteiger partial charge is 0.352 e. The maximum atomic E-state index is 12.8. The first-order chi connectivity index (χ1) is 12.9. The van der Waals surface area contributed by atoms with Gasteiger partial charge in [-0.25, -0.2) is 8.42 Å². The molecule has 0 aromatic heterocycles. The van der Waals surface area contributed by atoms with Gasteiger partial charge in [-0.2, -0.15) is 4.31 Å². The summed E-state index contributed by atoms with van der Waals surface area (Å²) < 4.78 is 27.1. The second kappa shape index (κ2) is 7.53. The van der Waals surface area contributed by atoms with E-state index in [1.165, 1.54) is 17.1 Å². The summed E-state index contributed by atoms with van der Waals surface area (Å²) >= 11 is 0. The number of sulfonamides is 1. The number of benzene rings is 1. The fraction of sp³-hybridized carbons (Fsp3) is 0.650. The average molecular weight is 392 g/mol. The number of nitrogens with zero attached hydrogens (tertiary/aromatic N) is 2. The van der Waals surface area contributed by atoms with Crippen molar-refractivity contribution in [1.82, 2.24) is 14.5 Å².